The van der Waals surface area contributed by atoms with E-state index < -0.39 is 0 Å². The molecule has 3 rings (SSSR count). The number of nitrogens with one attached hydrogen (secondary N) is 1. The minimum Gasteiger partial charge on any atom is -0.314 e. The fourth-order valence-corrected chi connectivity index (χ4v) is 2.39. The second-order valence-electron chi connectivity index (χ2n) is 4.93. The van der Waals surface area contributed by atoms with Gasteiger partial charge in [-0.1, -0.05) is 18.2 Å². The van der Waals surface area contributed by atoms with Crippen molar-refractivity contribution in [3.05, 3.63) is 29.8 Å². The molecule has 1 N–H and O–H groups in total. The number of para-hydroxylation sites is 1. The van der Waals surface area contributed by atoms with Crippen molar-refractivity contribution < 1.29 is 4.79 Å². The maximum absolute atomic E-state index is 11.9. The van der Waals surface area contributed by atoms with Crippen LogP contribution in [0.4, 0.5) is 5.69 Å². The molecule has 1 aliphatic heterocycles. The lowest BCUT2D eigenvalue weighted by atomic mass is 10.2. The molecule has 90 valence electrons. The number of benzene rings is 1. The highest BCUT2D eigenvalue weighted by Crippen LogP contribution is 2.28. The number of hydrogen-bond acceptors (Lipinski definition) is 2. The van der Waals surface area contributed by atoms with Gasteiger partial charge in [0.25, 0.3) is 0 Å². The van der Waals surface area contributed by atoms with Crippen LogP contribution in [0.2, 0.25) is 0 Å². The molecule has 0 radical (unpaired) electrons. The van der Waals surface area contributed by atoms with Gasteiger partial charge in [-0.15, -0.1) is 0 Å². The van der Waals surface area contributed by atoms with Crippen molar-refractivity contribution in [2.24, 2.45) is 0 Å². The zero-order valence-electron chi connectivity index (χ0n) is 9.98. The molecule has 0 spiro atoms. The minimum absolute atomic E-state index is 0.248. The summed E-state index contributed by atoms with van der Waals surface area (Å²) in [5, 5.41) is 3.48. The number of carbonyl (C=O) groups excluding carboxylic acids is 1. The summed E-state index contributed by atoms with van der Waals surface area (Å²) >= 11 is 0. The normalized spacial score (nSPS) is 18.6. The first kappa shape index (κ1) is 10.8. The van der Waals surface area contributed by atoms with E-state index in [0.29, 0.717) is 6.42 Å². The molecule has 1 fully saturated rings. The summed E-state index contributed by atoms with van der Waals surface area (Å²) < 4.78 is 0. The third-order valence-corrected chi connectivity index (χ3v) is 3.49. The number of anilines is 1. The molecule has 0 atom stereocenters. The molecular weight excluding hydrogens is 212 g/mol. The summed E-state index contributed by atoms with van der Waals surface area (Å²) in [5.74, 6) is 0.248. The second-order valence-corrected chi connectivity index (χ2v) is 4.93. The summed E-state index contributed by atoms with van der Waals surface area (Å²) in [7, 11) is 0. The average molecular weight is 230 g/mol. The van der Waals surface area contributed by atoms with Gasteiger partial charge >= 0.3 is 0 Å². The molecule has 1 saturated carbocycles. The van der Waals surface area contributed by atoms with Crippen molar-refractivity contribution in [1.29, 1.82) is 0 Å². The summed E-state index contributed by atoms with van der Waals surface area (Å²) in [6, 6.07) is 8.87. The van der Waals surface area contributed by atoms with Crippen molar-refractivity contribution >= 4 is 11.6 Å². The van der Waals surface area contributed by atoms with E-state index in [1.807, 2.05) is 17.0 Å². The van der Waals surface area contributed by atoms with Crippen LogP contribution in [0.3, 0.4) is 0 Å². The Hall–Kier alpha value is -1.35. The van der Waals surface area contributed by atoms with Crippen LogP contribution in [0.5, 0.6) is 0 Å². The molecule has 1 amide bonds. The summed E-state index contributed by atoms with van der Waals surface area (Å²) in [5.41, 5.74) is 2.29. The number of nitrogens with zero attached hydrogens (tertiary/aromatic N) is 1. The maximum Gasteiger partial charge on any atom is 0.231 e. The third-order valence-electron chi connectivity index (χ3n) is 3.49. The first-order valence-corrected chi connectivity index (χ1v) is 6.46. The van der Waals surface area contributed by atoms with Crippen molar-refractivity contribution in [2.75, 3.05) is 18.0 Å². The van der Waals surface area contributed by atoms with Gasteiger partial charge in [0.1, 0.15) is 0 Å². The predicted octanol–water partition coefficient (Wildman–Crippen LogP) is 1.72. The van der Waals surface area contributed by atoms with E-state index in [2.05, 4.69) is 17.4 Å². The minimum atomic E-state index is 0.248. The van der Waals surface area contributed by atoms with Crippen molar-refractivity contribution in [1.82, 2.24) is 5.32 Å². The van der Waals surface area contributed by atoms with Crippen LogP contribution in [0.25, 0.3) is 0 Å². The molecule has 1 aromatic rings. The lowest BCUT2D eigenvalue weighted by Crippen LogP contribution is -2.30. The topological polar surface area (TPSA) is 32.3 Å². The molecule has 2 aliphatic rings. The molecular formula is C14H18N2O. The monoisotopic (exact) mass is 230 g/mol. The van der Waals surface area contributed by atoms with Gasteiger partial charge in [0.15, 0.2) is 0 Å². The quantitative estimate of drug-likeness (QED) is 0.781. The zero-order valence-corrected chi connectivity index (χ0v) is 9.98. The molecule has 1 aliphatic carbocycles. The van der Waals surface area contributed by atoms with E-state index in [9.17, 15) is 4.79 Å². The van der Waals surface area contributed by atoms with Gasteiger partial charge in [-0.25, -0.2) is 0 Å². The predicted molar refractivity (Wildman–Crippen MR) is 68.1 cm³/mol. The van der Waals surface area contributed by atoms with Gasteiger partial charge in [-0.3, -0.25) is 4.79 Å². The number of hydrogen-bond donors (Lipinski definition) is 1. The van der Waals surface area contributed by atoms with Gasteiger partial charge in [0.05, 0.1) is 6.42 Å². The Morgan fingerprint density at radius 2 is 2.12 bits per heavy atom. The van der Waals surface area contributed by atoms with E-state index >= 15 is 0 Å². The lowest BCUT2D eigenvalue weighted by molar-refractivity contribution is -0.117. The van der Waals surface area contributed by atoms with E-state index in [1.165, 1.54) is 18.4 Å². The Morgan fingerprint density at radius 3 is 2.94 bits per heavy atom. The Bertz CT molecular complexity index is 426. The first-order valence-electron chi connectivity index (χ1n) is 6.46. The molecule has 17 heavy (non-hydrogen) atoms. The second kappa shape index (κ2) is 4.49. The first-order chi connectivity index (χ1) is 8.34. The van der Waals surface area contributed by atoms with E-state index in [1.54, 1.807) is 0 Å². The van der Waals surface area contributed by atoms with Crippen LogP contribution < -0.4 is 10.2 Å². The third kappa shape index (κ3) is 2.34. The molecule has 1 heterocycles. The summed E-state index contributed by atoms with van der Waals surface area (Å²) in [6.45, 7) is 1.87. The van der Waals surface area contributed by atoms with Crippen LogP contribution in [-0.2, 0) is 11.2 Å². The van der Waals surface area contributed by atoms with Crippen LogP contribution in [-0.4, -0.2) is 25.0 Å². The molecule has 0 unspecified atom stereocenters. The fraction of sp³-hybridized carbons (Fsp3) is 0.500. The van der Waals surface area contributed by atoms with Gasteiger partial charge in [0, 0.05) is 18.3 Å². The highest BCUT2D eigenvalue weighted by Gasteiger charge is 2.26. The summed E-state index contributed by atoms with van der Waals surface area (Å²) in [4.78, 5) is 13.8. The van der Waals surface area contributed by atoms with Gasteiger partial charge < -0.3 is 10.2 Å². The number of fused-ring (bicyclic) bond motifs is 1. The van der Waals surface area contributed by atoms with Gasteiger partial charge in [-0.05, 0) is 37.4 Å². The van der Waals surface area contributed by atoms with E-state index in [0.717, 1.165) is 31.2 Å². The fourth-order valence-electron chi connectivity index (χ4n) is 2.39. The Labute approximate surface area is 102 Å². The maximum atomic E-state index is 11.9. The molecule has 0 bridgehead atoms. The van der Waals surface area contributed by atoms with Gasteiger partial charge in [-0.2, -0.15) is 0 Å². The average Bonchev–Trinajstić information content (AvgIpc) is 3.09. The van der Waals surface area contributed by atoms with Crippen LogP contribution in [0.1, 0.15) is 24.8 Å². The van der Waals surface area contributed by atoms with Crippen LogP contribution >= 0.6 is 0 Å². The van der Waals surface area contributed by atoms with Crippen molar-refractivity contribution in [3.8, 4) is 0 Å². The zero-order chi connectivity index (χ0) is 11.7. The van der Waals surface area contributed by atoms with Gasteiger partial charge in [0.2, 0.25) is 5.91 Å². The molecule has 3 nitrogen and oxygen atoms in total. The largest absolute Gasteiger partial charge is 0.314 e. The standard InChI is InChI=1S/C14H18N2O/c17-14-10-11-4-1-2-5-13(11)16(14)9-3-8-15-12-6-7-12/h1-2,4-5,12,15H,3,6-10H2. The number of amides is 1. The van der Waals surface area contributed by atoms with E-state index in [-0.39, 0.29) is 5.91 Å². The molecule has 3 heteroatoms. The molecule has 0 aromatic heterocycles. The SMILES string of the molecule is O=C1Cc2ccccc2N1CCCNC1CC1. The highest BCUT2D eigenvalue weighted by atomic mass is 16.2. The van der Waals surface area contributed by atoms with Crippen molar-refractivity contribution in [3.63, 3.8) is 0 Å². The smallest absolute Gasteiger partial charge is 0.231 e. The Morgan fingerprint density at radius 1 is 1.29 bits per heavy atom. The summed E-state index contributed by atoms with van der Waals surface area (Å²) in [6.07, 6.45) is 4.26. The lowest BCUT2D eigenvalue weighted by Gasteiger charge is -2.17. The van der Waals surface area contributed by atoms with E-state index in [4.69, 9.17) is 0 Å². The Kier molecular flexibility index (Phi) is 2.85. The van der Waals surface area contributed by atoms with Crippen LogP contribution in [0, 0.1) is 0 Å². The Balaban J connectivity index is 1.56. The number of carbonyl (C=O) groups is 1. The van der Waals surface area contributed by atoms with Crippen LogP contribution in [0.15, 0.2) is 24.3 Å². The number of rotatable bonds is 5. The highest BCUT2D eigenvalue weighted by molar-refractivity contribution is 6.01. The van der Waals surface area contributed by atoms with Crippen molar-refractivity contribution in [2.45, 2.75) is 31.7 Å². The molecule has 1 aromatic carbocycles. The molecule has 0 saturated heterocycles.